The number of Topliss-reactive ketones (excluding diaryl/α,β-unsaturated/α-hetero) is 4. The molecular formula is C13H18O9. The molecule has 4 N–H and O–H groups in total. The summed E-state index contributed by atoms with van der Waals surface area (Å²) in [6.45, 7) is 3.11. The summed E-state index contributed by atoms with van der Waals surface area (Å²) < 4.78 is 4.78. The lowest BCUT2D eigenvalue weighted by atomic mass is 9.69. The van der Waals surface area contributed by atoms with Crippen molar-refractivity contribution in [3.8, 4) is 0 Å². The van der Waals surface area contributed by atoms with Crippen LogP contribution in [0.1, 0.15) is 27.7 Å². The summed E-state index contributed by atoms with van der Waals surface area (Å²) >= 11 is 0. The fourth-order valence-electron chi connectivity index (χ4n) is 2.62. The molecule has 1 rings (SSSR count). The zero-order chi connectivity index (χ0) is 17.7. The molecule has 1 aliphatic heterocycles. The number of hydrogen-bond acceptors (Lipinski definition) is 9. The molecule has 1 saturated heterocycles. The van der Waals surface area contributed by atoms with Crippen molar-refractivity contribution in [2.75, 3.05) is 0 Å². The van der Waals surface area contributed by atoms with Gasteiger partial charge in [0.15, 0.2) is 28.7 Å². The summed E-state index contributed by atoms with van der Waals surface area (Å²) in [7, 11) is 0. The number of carbonyl (C=O) groups excluding carboxylic acids is 4. The molecule has 0 aliphatic carbocycles. The minimum absolute atomic E-state index is 0.716. The van der Waals surface area contributed by atoms with E-state index in [0.717, 1.165) is 20.8 Å². The Morgan fingerprint density at radius 1 is 0.909 bits per heavy atom. The van der Waals surface area contributed by atoms with Crippen LogP contribution in [0.2, 0.25) is 0 Å². The van der Waals surface area contributed by atoms with Crippen LogP contribution in [0.25, 0.3) is 0 Å². The van der Waals surface area contributed by atoms with Crippen LogP contribution in [0.3, 0.4) is 0 Å². The van der Waals surface area contributed by atoms with Gasteiger partial charge in [-0.1, -0.05) is 0 Å². The fraction of sp³-hybridized carbons (Fsp3) is 0.692. The van der Waals surface area contributed by atoms with Crippen molar-refractivity contribution in [2.24, 2.45) is 0 Å². The highest BCUT2D eigenvalue weighted by Crippen LogP contribution is 2.48. The maximum absolute atomic E-state index is 11.8. The minimum Gasteiger partial charge on any atom is -0.382 e. The quantitative estimate of drug-likeness (QED) is 0.421. The van der Waals surface area contributed by atoms with Crippen LogP contribution < -0.4 is 0 Å². The Kier molecular flexibility index (Phi) is 4.45. The Morgan fingerprint density at radius 3 is 1.64 bits per heavy atom. The first-order chi connectivity index (χ1) is 9.78. The lowest BCUT2D eigenvalue weighted by Crippen LogP contribution is -2.73. The molecule has 1 unspecified atom stereocenters. The first-order valence-corrected chi connectivity index (χ1v) is 6.35. The summed E-state index contributed by atoms with van der Waals surface area (Å²) in [6.07, 6.45) is -4.36. The Balaban J connectivity index is 3.75. The average molecular weight is 318 g/mol. The van der Waals surface area contributed by atoms with Gasteiger partial charge in [0.05, 0.1) is 0 Å². The highest BCUT2D eigenvalue weighted by atomic mass is 16.7. The SMILES string of the molecule is CC(=O)C(O)[C@H]1O[C@@](O)(C(C)=O)[C@@](O)(C(C)=O)[C@@]1(O)C(C)=O. The highest BCUT2D eigenvalue weighted by molar-refractivity contribution is 6.05. The molecule has 9 heteroatoms. The standard InChI is InChI=1S/C13H18O9/c1-5(14)9(18)10-11(19,6(2)15)12(20,7(3)16)13(21,22-10)8(4)17/h9-10,18-21H,1-4H3/t9?,10-,11-,12-,13+/m1/s1. The maximum atomic E-state index is 11.8. The molecule has 0 aromatic rings. The summed E-state index contributed by atoms with van der Waals surface area (Å²) in [4.78, 5) is 46.7. The number of rotatable bonds is 5. The third kappa shape index (κ3) is 1.97. The lowest BCUT2D eigenvalue weighted by Gasteiger charge is -2.39. The van der Waals surface area contributed by atoms with E-state index in [1.165, 1.54) is 0 Å². The van der Waals surface area contributed by atoms with Gasteiger partial charge in [0.1, 0.15) is 12.2 Å². The van der Waals surface area contributed by atoms with Gasteiger partial charge in [-0.2, -0.15) is 0 Å². The van der Waals surface area contributed by atoms with E-state index in [1.54, 1.807) is 0 Å². The van der Waals surface area contributed by atoms with Gasteiger partial charge in [-0.05, 0) is 20.8 Å². The van der Waals surface area contributed by atoms with Crippen molar-refractivity contribution in [1.82, 2.24) is 0 Å². The van der Waals surface area contributed by atoms with Crippen molar-refractivity contribution in [1.29, 1.82) is 0 Å². The monoisotopic (exact) mass is 318 g/mol. The molecule has 1 aliphatic rings. The van der Waals surface area contributed by atoms with Gasteiger partial charge in [-0.3, -0.25) is 19.2 Å². The second-order valence-corrected chi connectivity index (χ2v) is 5.38. The summed E-state index contributed by atoms with van der Waals surface area (Å²) in [5.41, 5.74) is -6.57. The smallest absolute Gasteiger partial charge is 0.267 e. The molecule has 9 nitrogen and oxygen atoms in total. The normalized spacial score (nSPS) is 39.4. The Bertz CT molecular complexity index is 556. The number of aliphatic hydroxyl groups excluding tert-OH is 1. The zero-order valence-corrected chi connectivity index (χ0v) is 12.5. The van der Waals surface area contributed by atoms with Gasteiger partial charge >= 0.3 is 0 Å². The highest BCUT2D eigenvalue weighted by Gasteiger charge is 2.80. The van der Waals surface area contributed by atoms with Crippen LogP contribution in [0.15, 0.2) is 0 Å². The number of ketones is 4. The first-order valence-electron chi connectivity index (χ1n) is 6.35. The predicted octanol–water partition coefficient (Wildman–Crippen LogP) is -2.75. The molecule has 0 saturated carbocycles. The Labute approximate surface area is 125 Å². The van der Waals surface area contributed by atoms with Gasteiger partial charge in [0.25, 0.3) is 5.79 Å². The Hall–Kier alpha value is -1.52. The van der Waals surface area contributed by atoms with Gasteiger partial charge in [0, 0.05) is 6.92 Å². The Morgan fingerprint density at radius 2 is 1.36 bits per heavy atom. The number of carbonyl (C=O) groups is 4. The molecule has 0 aromatic carbocycles. The van der Waals surface area contributed by atoms with Crippen LogP contribution in [0, 0.1) is 0 Å². The van der Waals surface area contributed by atoms with Crippen LogP contribution >= 0.6 is 0 Å². The fourth-order valence-corrected chi connectivity index (χ4v) is 2.62. The molecular weight excluding hydrogens is 300 g/mol. The summed E-state index contributed by atoms with van der Waals surface area (Å²) in [6, 6.07) is 0. The van der Waals surface area contributed by atoms with E-state index in [2.05, 4.69) is 0 Å². The van der Waals surface area contributed by atoms with Gasteiger partial charge in [-0.15, -0.1) is 0 Å². The van der Waals surface area contributed by atoms with Crippen LogP contribution in [-0.2, 0) is 23.9 Å². The third-order valence-electron chi connectivity index (χ3n) is 3.98. The molecule has 22 heavy (non-hydrogen) atoms. The van der Waals surface area contributed by atoms with Gasteiger partial charge in [0.2, 0.25) is 5.60 Å². The molecule has 124 valence electrons. The van der Waals surface area contributed by atoms with Crippen LogP contribution in [-0.4, -0.2) is 72.8 Å². The summed E-state index contributed by atoms with van der Waals surface area (Å²) in [5.74, 6) is -8.17. The second kappa shape index (κ2) is 5.28. The minimum atomic E-state index is -3.38. The number of aliphatic hydroxyl groups is 4. The molecule has 0 radical (unpaired) electrons. The maximum Gasteiger partial charge on any atom is 0.267 e. The van der Waals surface area contributed by atoms with Crippen molar-refractivity contribution < 1.29 is 44.3 Å². The molecule has 0 spiro atoms. The first kappa shape index (κ1) is 18.5. The lowest BCUT2D eigenvalue weighted by molar-refractivity contribution is -0.250. The zero-order valence-electron chi connectivity index (χ0n) is 12.5. The van der Waals surface area contributed by atoms with Crippen LogP contribution in [0.5, 0.6) is 0 Å². The van der Waals surface area contributed by atoms with Crippen molar-refractivity contribution in [3.05, 3.63) is 0 Å². The average Bonchev–Trinajstić information content (AvgIpc) is 2.59. The van der Waals surface area contributed by atoms with E-state index in [-0.39, 0.29) is 0 Å². The largest absolute Gasteiger partial charge is 0.382 e. The topological polar surface area (TPSA) is 158 Å². The van der Waals surface area contributed by atoms with E-state index in [4.69, 9.17) is 4.74 Å². The molecule has 5 atom stereocenters. The van der Waals surface area contributed by atoms with Gasteiger partial charge < -0.3 is 25.2 Å². The molecule has 0 amide bonds. The molecule has 0 bridgehead atoms. The predicted molar refractivity (Wildman–Crippen MR) is 68.5 cm³/mol. The number of hydrogen-bond donors (Lipinski definition) is 4. The van der Waals surface area contributed by atoms with Crippen molar-refractivity contribution >= 4 is 23.1 Å². The molecule has 0 aromatic heterocycles. The van der Waals surface area contributed by atoms with Crippen molar-refractivity contribution in [3.63, 3.8) is 0 Å². The van der Waals surface area contributed by atoms with E-state index >= 15 is 0 Å². The summed E-state index contributed by atoms with van der Waals surface area (Å²) in [5, 5.41) is 41.1. The van der Waals surface area contributed by atoms with Crippen LogP contribution in [0.4, 0.5) is 0 Å². The number of ether oxygens (including phenoxy) is 1. The van der Waals surface area contributed by atoms with E-state index in [9.17, 15) is 39.6 Å². The van der Waals surface area contributed by atoms with E-state index < -0.39 is 52.3 Å². The van der Waals surface area contributed by atoms with E-state index in [0.29, 0.717) is 6.92 Å². The third-order valence-corrected chi connectivity index (χ3v) is 3.98. The molecule has 1 heterocycles. The van der Waals surface area contributed by atoms with Gasteiger partial charge in [-0.25, -0.2) is 0 Å². The second-order valence-electron chi connectivity index (χ2n) is 5.38. The molecule has 1 fully saturated rings. The van der Waals surface area contributed by atoms with E-state index in [1.807, 2.05) is 0 Å². The van der Waals surface area contributed by atoms with Crippen molar-refractivity contribution in [2.45, 2.75) is 56.9 Å².